The Bertz CT molecular complexity index is 771. The van der Waals surface area contributed by atoms with Gasteiger partial charge in [0, 0.05) is 48.1 Å². The van der Waals surface area contributed by atoms with Crippen LogP contribution in [0.25, 0.3) is 0 Å². The van der Waals surface area contributed by atoms with E-state index < -0.39 is 0 Å². The Morgan fingerprint density at radius 1 is 1.07 bits per heavy atom. The maximum Gasteiger partial charge on any atom is 0.269 e. The number of benzene rings is 2. The van der Waals surface area contributed by atoms with Crippen molar-refractivity contribution in [2.45, 2.75) is 29.6 Å². The van der Waals surface area contributed by atoms with Gasteiger partial charge in [0.1, 0.15) is 0 Å². The van der Waals surface area contributed by atoms with Gasteiger partial charge in [0.25, 0.3) is 5.69 Å². The van der Waals surface area contributed by atoms with Crippen LogP contribution >= 0.6 is 11.8 Å². The van der Waals surface area contributed by atoms with E-state index in [1.54, 1.807) is 23.9 Å². The van der Waals surface area contributed by atoms with Crippen LogP contribution in [0, 0.1) is 17.0 Å². The molecule has 1 aliphatic rings. The maximum atomic E-state index is 11.2. The van der Waals surface area contributed by atoms with Crippen LogP contribution in [0.3, 0.4) is 0 Å². The molecule has 1 aliphatic heterocycles. The number of hydrogen-bond donors (Lipinski definition) is 0. The lowest BCUT2D eigenvalue weighted by Gasteiger charge is -2.32. The van der Waals surface area contributed by atoms with E-state index in [0.29, 0.717) is 0 Å². The molecule has 2 aromatic rings. The van der Waals surface area contributed by atoms with Crippen molar-refractivity contribution in [3.8, 4) is 0 Å². The summed E-state index contributed by atoms with van der Waals surface area (Å²) < 4.78 is 0. The zero-order valence-electron chi connectivity index (χ0n) is 16.1. The molecule has 1 heterocycles. The van der Waals surface area contributed by atoms with E-state index in [1.807, 2.05) is 6.07 Å². The molecule has 0 N–H and O–H groups in total. The largest absolute Gasteiger partial charge is 0.304 e. The molecular formula is C21H27N3O2S. The van der Waals surface area contributed by atoms with Gasteiger partial charge in [-0.15, -0.1) is 0 Å². The fourth-order valence-corrected chi connectivity index (χ4v) is 4.23. The summed E-state index contributed by atoms with van der Waals surface area (Å²) in [7, 11) is 2.16. The highest BCUT2D eigenvalue weighted by Gasteiger charge is 2.15. The Morgan fingerprint density at radius 2 is 1.78 bits per heavy atom. The van der Waals surface area contributed by atoms with E-state index >= 15 is 0 Å². The van der Waals surface area contributed by atoms with Crippen LogP contribution in [-0.2, 0) is 6.42 Å². The average molecular weight is 386 g/mol. The summed E-state index contributed by atoms with van der Waals surface area (Å²) >= 11 is 1.69. The molecule has 0 radical (unpaired) electrons. The highest BCUT2D eigenvalue weighted by molar-refractivity contribution is 7.99. The molecular weight excluding hydrogens is 358 g/mol. The number of piperazine rings is 1. The molecule has 0 amide bonds. The topological polar surface area (TPSA) is 49.6 Å². The van der Waals surface area contributed by atoms with E-state index in [0.717, 1.165) is 60.9 Å². The summed E-state index contributed by atoms with van der Waals surface area (Å²) in [5, 5.41) is 11.2. The molecule has 0 saturated carbocycles. The Kier molecular flexibility index (Phi) is 6.88. The van der Waals surface area contributed by atoms with E-state index in [2.05, 4.69) is 48.0 Å². The third-order valence-corrected chi connectivity index (χ3v) is 6.15. The van der Waals surface area contributed by atoms with Crippen LogP contribution in [-0.4, -0.2) is 54.5 Å². The molecule has 1 fully saturated rings. The van der Waals surface area contributed by atoms with E-state index in [4.69, 9.17) is 0 Å². The first-order valence-electron chi connectivity index (χ1n) is 9.44. The van der Waals surface area contributed by atoms with Gasteiger partial charge in [0.2, 0.25) is 0 Å². The van der Waals surface area contributed by atoms with Crippen LogP contribution in [0.4, 0.5) is 5.69 Å². The summed E-state index contributed by atoms with van der Waals surface area (Å²) in [6.07, 6.45) is 1.88. The molecule has 3 rings (SSSR count). The van der Waals surface area contributed by atoms with Crippen molar-refractivity contribution in [1.29, 1.82) is 0 Å². The highest BCUT2D eigenvalue weighted by Crippen LogP contribution is 2.33. The number of hydrogen-bond acceptors (Lipinski definition) is 5. The van der Waals surface area contributed by atoms with Crippen LogP contribution < -0.4 is 0 Å². The number of nitrogens with zero attached hydrogens (tertiary/aromatic N) is 3. The Hall–Kier alpha value is -1.89. The lowest BCUT2D eigenvalue weighted by Crippen LogP contribution is -2.44. The second-order valence-electron chi connectivity index (χ2n) is 7.21. The molecule has 0 bridgehead atoms. The third kappa shape index (κ3) is 5.79. The molecule has 1 saturated heterocycles. The zero-order valence-corrected chi connectivity index (χ0v) is 16.9. The van der Waals surface area contributed by atoms with Crippen LogP contribution in [0.15, 0.2) is 52.3 Å². The quantitative estimate of drug-likeness (QED) is 0.527. The van der Waals surface area contributed by atoms with Crippen molar-refractivity contribution in [3.05, 3.63) is 63.7 Å². The molecule has 5 nitrogen and oxygen atoms in total. The lowest BCUT2D eigenvalue weighted by molar-refractivity contribution is -0.385. The summed E-state index contributed by atoms with van der Waals surface area (Å²) in [4.78, 5) is 18.0. The minimum absolute atomic E-state index is 0.179. The normalized spacial score (nSPS) is 15.8. The zero-order chi connectivity index (χ0) is 19.2. The SMILES string of the molecule is Cc1ccc(Sc2ccc([N+](=O)[O-])cc2CCCN2CCN(C)CC2)cc1. The summed E-state index contributed by atoms with van der Waals surface area (Å²) in [5.41, 5.74) is 2.48. The first kappa shape index (κ1) is 19.9. The predicted octanol–water partition coefficient (Wildman–Crippen LogP) is 4.23. The van der Waals surface area contributed by atoms with Crippen LogP contribution in [0.5, 0.6) is 0 Å². The lowest BCUT2D eigenvalue weighted by atomic mass is 10.1. The number of nitro benzene ring substituents is 1. The molecule has 0 aromatic heterocycles. The molecule has 0 unspecified atom stereocenters. The van der Waals surface area contributed by atoms with Gasteiger partial charge in [0.05, 0.1) is 4.92 Å². The molecule has 6 heteroatoms. The average Bonchev–Trinajstić information content (AvgIpc) is 2.66. The third-order valence-electron chi connectivity index (χ3n) is 5.02. The van der Waals surface area contributed by atoms with Gasteiger partial charge >= 0.3 is 0 Å². The Morgan fingerprint density at radius 3 is 2.44 bits per heavy atom. The van der Waals surface area contributed by atoms with E-state index in [9.17, 15) is 10.1 Å². The van der Waals surface area contributed by atoms with Crippen molar-refractivity contribution in [2.75, 3.05) is 39.8 Å². The van der Waals surface area contributed by atoms with Crippen molar-refractivity contribution >= 4 is 17.4 Å². The number of non-ortho nitro benzene ring substituents is 1. The minimum atomic E-state index is -0.301. The summed E-state index contributed by atoms with van der Waals surface area (Å²) in [6.45, 7) is 7.57. The predicted molar refractivity (Wildman–Crippen MR) is 111 cm³/mol. The number of aryl methyl sites for hydroxylation is 2. The Balaban J connectivity index is 1.67. The van der Waals surface area contributed by atoms with E-state index in [1.165, 1.54) is 5.56 Å². The molecule has 27 heavy (non-hydrogen) atoms. The van der Waals surface area contributed by atoms with Crippen LogP contribution in [0.1, 0.15) is 17.5 Å². The molecule has 0 spiro atoms. The van der Waals surface area contributed by atoms with Crippen molar-refractivity contribution in [3.63, 3.8) is 0 Å². The number of likely N-dealkylation sites (N-methyl/N-ethyl adjacent to an activating group) is 1. The smallest absolute Gasteiger partial charge is 0.269 e. The van der Waals surface area contributed by atoms with Gasteiger partial charge < -0.3 is 9.80 Å². The molecule has 0 aliphatic carbocycles. The number of rotatable bonds is 7. The first-order chi connectivity index (χ1) is 13.0. The van der Waals surface area contributed by atoms with Crippen molar-refractivity contribution < 1.29 is 4.92 Å². The van der Waals surface area contributed by atoms with Gasteiger partial charge in [-0.05, 0) is 57.1 Å². The van der Waals surface area contributed by atoms with E-state index in [-0.39, 0.29) is 10.6 Å². The maximum absolute atomic E-state index is 11.2. The number of nitro groups is 1. The molecule has 0 atom stereocenters. The van der Waals surface area contributed by atoms with Crippen LogP contribution in [0.2, 0.25) is 0 Å². The molecule has 2 aromatic carbocycles. The Labute approximate surface area is 165 Å². The van der Waals surface area contributed by atoms with Gasteiger partial charge in [0.15, 0.2) is 0 Å². The van der Waals surface area contributed by atoms with Crippen molar-refractivity contribution in [2.24, 2.45) is 0 Å². The second kappa shape index (κ2) is 9.35. The second-order valence-corrected chi connectivity index (χ2v) is 8.33. The fourth-order valence-electron chi connectivity index (χ4n) is 3.27. The minimum Gasteiger partial charge on any atom is -0.304 e. The standard InChI is InChI=1S/C21H27N3O2S/c1-17-5-8-20(9-6-17)27-21-10-7-19(24(25)26)16-18(21)4-3-11-23-14-12-22(2)13-15-23/h5-10,16H,3-4,11-15H2,1-2H3. The molecule has 144 valence electrons. The fraction of sp³-hybridized carbons (Fsp3) is 0.429. The summed E-state index contributed by atoms with van der Waals surface area (Å²) in [6, 6.07) is 13.7. The van der Waals surface area contributed by atoms with Crippen molar-refractivity contribution in [1.82, 2.24) is 9.80 Å². The highest BCUT2D eigenvalue weighted by atomic mass is 32.2. The van der Waals surface area contributed by atoms with Gasteiger partial charge in [-0.3, -0.25) is 10.1 Å². The monoisotopic (exact) mass is 385 g/mol. The van der Waals surface area contributed by atoms with Gasteiger partial charge in [-0.1, -0.05) is 29.5 Å². The van der Waals surface area contributed by atoms with Gasteiger partial charge in [-0.2, -0.15) is 0 Å². The van der Waals surface area contributed by atoms with Gasteiger partial charge in [-0.25, -0.2) is 0 Å². The first-order valence-corrected chi connectivity index (χ1v) is 10.3. The summed E-state index contributed by atoms with van der Waals surface area (Å²) in [5.74, 6) is 0.